The predicted molar refractivity (Wildman–Crippen MR) is 77.3 cm³/mol. The molecule has 2 N–H and O–H groups in total. The normalized spacial score (nSPS) is 10.7. The zero-order valence-corrected chi connectivity index (χ0v) is 12.1. The fourth-order valence-electron chi connectivity index (χ4n) is 2.03. The lowest BCUT2D eigenvalue weighted by molar-refractivity contribution is 0.411. The lowest BCUT2D eigenvalue weighted by Gasteiger charge is -2.12. The number of unbranched alkanes of at least 4 members (excludes halogenated alkanes) is 1. The van der Waals surface area contributed by atoms with Crippen LogP contribution >= 0.6 is 0 Å². The average molecular weight is 250 g/mol. The third kappa shape index (κ3) is 4.67. The molecule has 1 rings (SSSR count). The van der Waals surface area contributed by atoms with Crippen molar-refractivity contribution < 1.29 is 4.74 Å². The summed E-state index contributed by atoms with van der Waals surface area (Å²) in [5.74, 6) is 0.977. The maximum Gasteiger partial charge on any atom is 0.122 e. The Balaban J connectivity index is 2.40. The Labute approximate surface area is 111 Å². The van der Waals surface area contributed by atoms with Gasteiger partial charge in [0, 0.05) is 6.54 Å². The molecule has 3 heteroatoms. The van der Waals surface area contributed by atoms with Crippen LogP contribution in [-0.4, -0.2) is 27.2 Å². The quantitative estimate of drug-likeness (QED) is 0.695. The van der Waals surface area contributed by atoms with E-state index in [2.05, 4.69) is 36.6 Å². The van der Waals surface area contributed by atoms with Crippen LogP contribution in [0.5, 0.6) is 5.75 Å². The maximum absolute atomic E-state index is 5.32. The van der Waals surface area contributed by atoms with Crippen molar-refractivity contribution in [1.29, 1.82) is 0 Å². The smallest absolute Gasteiger partial charge is 0.122 e. The molecule has 0 atom stereocenters. The molecule has 0 heterocycles. The fraction of sp³-hybridized carbons (Fsp3) is 0.600. The van der Waals surface area contributed by atoms with Crippen molar-refractivity contribution in [2.75, 3.05) is 27.2 Å². The van der Waals surface area contributed by atoms with E-state index in [1.807, 2.05) is 7.05 Å². The van der Waals surface area contributed by atoms with Crippen molar-refractivity contribution in [3.05, 3.63) is 28.8 Å². The van der Waals surface area contributed by atoms with Crippen molar-refractivity contribution in [2.24, 2.45) is 0 Å². The van der Waals surface area contributed by atoms with E-state index in [4.69, 9.17) is 4.74 Å². The number of hydrogen-bond donors (Lipinski definition) is 2. The Bertz CT molecular complexity index is 364. The molecule has 0 amide bonds. The lowest BCUT2D eigenvalue weighted by atomic mass is 10.0. The number of aryl methyl sites for hydroxylation is 2. The van der Waals surface area contributed by atoms with E-state index in [9.17, 15) is 0 Å². The molecule has 0 unspecified atom stereocenters. The number of nitrogens with one attached hydrogen (secondary N) is 2. The monoisotopic (exact) mass is 250 g/mol. The third-order valence-corrected chi connectivity index (χ3v) is 3.20. The van der Waals surface area contributed by atoms with Crippen LogP contribution in [0, 0.1) is 13.8 Å². The summed E-state index contributed by atoms with van der Waals surface area (Å²) in [4.78, 5) is 0. The summed E-state index contributed by atoms with van der Waals surface area (Å²) in [6, 6.07) is 4.34. The first-order valence-corrected chi connectivity index (χ1v) is 6.68. The summed E-state index contributed by atoms with van der Waals surface area (Å²) in [6.45, 7) is 7.35. The van der Waals surface area contributed by atoms with E-state index in [-0.39, 0.29) is 0 Å². The van der Waals surface area contributed by atoms with E-state index in [1.165, 1.54) is 29.5 Å². The first kappa shape index (κ1) is 15.0. The molecule has 0 aromatic heterocycles. The standard InChI is InChI=1S/C15H26N2O/c1-12-10-15(18-4)13(2)9-14(12)11-17-8-6-5-7-16-3/h9-10,16-17H,5-8,11H2,1-4H3. The molecule has 0 bridgehead atoms. The Morgan fingerprint density at radius 3 is 2.44 bits per heavy atom. The highest BCUT2D eigenvalue weighted by Gasteiger charge is 2.04. The van der Waals surface area contributed by atoms with Crippen LogP contribution in [0.3, 0.4) is 0 Å². The molecule has 3 nitrogen and oxygen atoms in total. The number of hydrogen-bond acceptors (Lipinski definition) is 3. The summed E-state index contributed by atoms with van der Waals surface area (Å²) in [5.41, 5.74) is 3.86. The van der Waals surface area contributed by atoms with Gasteiger partial charge in [0.1, 0.15) is 5.75 Å². The van der Waals surface area contributed by atoms with Gasteiger partial charge in [0.15, 0.2) is 0 Å². The summed E-state index contributed by atoms with van der Waals surface area (Å²) in [5, 5.41) is 6.66. The molecule has 0 saturated heterocycles. The van der Waals surface area contributed by atoms with Crippen molar-refractivity contribution >= 4 is 0 Å². The molecule has 0 saturated carbocycles. The third-order valence-electron chi connectivity index (χ3n) is 3.20. The van der Waals surface area contributed by atoms with Gasteiger partial charge in [-0.1, -0.05) is 6.07 Å². The second kappa shape index (κ2) is 8.11. The summed E-state index contributed by atoms with van der Waals surface area (Å²) in [7, 11) is 3.72. The van der Waals surface area contributed by atoms with Crippen LogP contribution in [0.1, 0.15) is 29.5 Å². The van der Waals surface area contributed by atoms with E-state index >= 15 is 0 Å². The van der Waals surface area contributed by atoms with Crippen molar-refractivity contribution in [3.63, 3.8) is 0 Å². The van der Waals surface area contributed by atoms with Crippen molar-refractivity contribution in [2.45, 2.75) is 33.2 Å². The topological polar surface area (TPSA) is 33.3 Å². The Morgan fingerprint density at radius 2 is 1.78 bits per heavy atom. The van der Waals surface area contributed by atoms with Crippen LogP contribution < -0.4 is 15.4 Å². The number of benzene rings is 1. The van der Waals surface area contributed by atoms with Gasteiger partial charge in [0.2, 0.25) is 0 Å². The molecule has 0 aliphatic carbocycles. The average Bonchev–Trinajstić information content (AvgIpc) is 2.37. The predicted octanol–water partition coefficient (Wildman–Crippen LogP) is 2.40. The zero-order chi connectivity index (χ0) is 13.4. The summed E-state index contributed by atoms with van der Waals surface area (Å²) < 4.78 is 5.32. The van der Waals surface area contributed by atoms with E-state index < -0.39 is 0 Å². The van der Waals surface area contributed by atoms with Crippen molar-refractivity contribution in [1.82, 2.24) is 10.6 Å². The molecular formula is C15H26N2O. The Morgan fingerprint density at radius 1 is 1.06 bits per heavy atom. The van der Waals surface area contributed by atoms with Crippen molar-refractivity contribution in [3.8, 4) is 5.75 Å². The van der Waals surface area contributed by atoms with Crippen LogP contribution in [-0.2, 0) is 6.54 Å². The molecule has 0 fully saturated rings. The highest BCUT2D eigenvalue weighted by atomic mass is 16.5. The molecular weight excluding hydrogens is 224 g/mol. The maximum atomic E-state index is 5.32. The van der Waals surface area contributed by atoms with Gasteiger partial charge < -0.3 is 15.4 Å². The minimum atomic E-state index is 0.941. The van der Waals surface area contributed by atoms with Crippen LogP contribution in [0.15, 0.2) is 12.1 Å². The van der Waals surface area contributed by atoms with Gasteiger partial charge in [0.05, 0.1) is 7.11 Å². The van der Waals surface area contributed by atoms with Gasteiger partial charge >= 0.3 is 0 Å². The molecule has 0 aliphatic rings. The fourth-order valence-corrected chi connectivity index (χ4v) is 2.03. The Kier molecular flexibility index (Phi) is 6.76. The summed E-state index contributed by atoms with van der Waals surface area (Å²) >= 11 is 0. The second-order valence-electron chi connectivity index (χ2n) is 4.74. The first-order valence-electron chi connectivity index (χ1n) is 6.68. The van der Waals surface area contributed by atoms with Crippen LogP contribution in [0.2, 0.25) is 0 Å². The van der Waals surface area contributed by atoms with Gasteiger partial charge in [-0.3, -0.25) is 0 Å². The molecule has 0 aliphatic heterocycles. The van der Waals surface area contributed by atoms with E-state index in [0.29, 0.717) is 0 Å². The first-order chi connectivity index (χ1) is 8.69. The molecule has 102 valence electrons. The molecule has 18 heavy (non-hydrogen) atoms. The minimum Gasteiger partial charge on any atom is -0.496 e. The second-order valence-corrected chi connectivity index (χ2v) is 4.74. The highest BCUT2D eigenvalue weighted by molar-refractivity contribution is 5.41. The van der Waals surface area contributed by atoms with E-state index in [0.717, 1.165) is 25.4 Å². The van der Waals surface area contributed by atoms with Gasteiger partial charge in [-0.25, -0.2) is 0 Å². The molecule has 0 radical (unpaired) electrons. The van der Waals surface area contributed by atoms with Crippen LogP contribution in [0.4, 0.5) is 0 Å². The van der Waals surface area contributed by atoms with Gasteiger partial charge in [0.25, 0.3) is 0 Å². The van der Waals surface area contributed by atoms with Gasteiger partial charge in [-0.05, 0) is 69.6 Å². The molecule has 1 aromatic carbocycles. The highest BCUT2D eigenvalue weighted by Crippen LogP contribution is 2.22. The van der Waals surface area contributed by atoms with E-state index in [1.54, 1.807) is 7.11 Å². The number of methoxy groups -OCH3 is 1. The van der Waals surface area contributed by atoms with Gasteiger partial charge in [-0.15, -0.1) is 0 Å². The number of ether oxygens (including phenoxy) is 1. The SMILES string of the molecule is CNCCCCNCc1cc(C)c(OC)cc1C. The largest absolute Gasteiger partial charge is 0.496 e. The zero-order valence-electron chi connectivity index (χ0n) is 12.1. The Hall–Kier alpha value is -1.06. The van der Waals surface area contributed by atoms with Gasteiger partial charge in [-0.2, -0.15) is 0 Å². The molecule has 1 aromatic rings. The minimum absolute atomic E-state index is 0.941. The van der Waals surface area contributed by atoms with Crippen LogP contribution in [0.25, 0.3) is 0 Å². The summed E-state index contributed by atoms with van der Waals surface area (Å²) in [6.07, 6.45) is 2.44. The lowest BCUT2D eigenvalue weighted by Crippen LogP contribution is -2.17. The molecule has 0 spiro atoms. The number of rotatable bonds is 8.